The van der Waals surface area contributed by atoms with Crippen LogP contribution in [0.25, 0.3) is 0 Å². The normalized spacial score (nSPS) is 18.0. The fraction of sp³-hybridized carbons (Fsp3) is 0.500. The number of carbonyl (C=O) groups is 2. The lowest BCUT2D eigenvalue weighted by Gasteiger charge is -2.31. The van der Waals surface area contributed by atoms with E-state index >= 15 is 0 Å². The Morgan fingerprint density at radius 1 is 1.36 bits per heavy atom. The van der Waals surface area contributed by atoms with E-state index in [1.54, 1.807) is 12.0 Å². The number of nitrogens with one attached hydrogen (secondary N) is 1. The number of urea groups is 1. The number of hydrogen-bond donors (Lipinski definition) is 2. The van der Waals surface area contributed by atoms with Gasteiger partial charge < -0.3 is 20.1 Å². The van der Waals surface area contributed by atoms with Crippen molar-refractivity contribution in [3.05, 3.63) is 23.3 Å². The van der Waals surface area contributed by atoms with E-state index in [2.05, 4.69) is 5.32 Å². The smallest absolute Gasteiger partial charge is 0.321 e. The minimum absolute atomic E-state index is 0.253. The number of anilines is 1. The van der Waals surface area contributed by atoms with E-state index in [9.17, 15) is 9.59 Å². The molecule has 1 heterocycles. The van der Waals surface area contributed by atoms with Gasteiger partial charge in [0.1, 0.15) is 5.75 Å². The van der Waals surface area contributed by atoms with Crippen LogP contribution in [-0.2, 0) is 4.79 Å². The molecule has 1 aliphatic rings. The molecule has 120 valence electrons. The Morgan fingerprint density at radius 2 is 2.09 bits per heavy atom. The van der Waals surface area contributed by atoms with Crippen molar-refractivity contribution in [2.45, 2.75) is 26.7 Å². The average molecular weight is 306 g/mol. The summed E-state index contributed by atoms with van der Waals surface area (Å²) in [4.78, 5) is 25.0. The van der Waals surface area contributed by atoms with Crippen LogP contribution < -0.4 is 10.1 Å². The first-order valence-corrected chi connectivity index (χ1v) is 7.37. The van der Waals surface area contributed by atoms with Crippen LogP contribution in [-0.4, -0.2) is 42.2 Å². The number of piperidine rings is 1. The quantitative estimate of drug-likeness (QED) is 0.900. The van der Waals surface area contributed by atoms with Crippen molar-refractivity contribution in [1.82, 2.24) is 4.90 Å². The molecule has 0 aromatic heterocycles. The molecule has 22 heavy (non-hydrogen) atoms. The monoisotopic (exact) mass is 306 g/mol. The lowest BCUT2D eigenvalue weighted by molar-refractivity contribution is -0.143. The van der Waals surface area contributed by atoms with Crippen LogP contribution in [0.4, 0.5) is 10.5 Å². The third-order valence-electron chi connectivity index (χ3n) is 4.11. The fourth-order valence-corrected chi connectivity index (χ4v) is 2.83. The summed E-state index contributed by atoms with van der Waals surface area (Å²) in [6, 6.07) is 3.46. The van der Waals surface area contributed by atoms with E-state index in [4.69, 9.17) is 9.84 Å². The van der Waals surface area contributed by atoms with Crippen LogP contribution in [0.15, 0.2) is 12.1 Å². The number of carboxylic acid groups (broad SMARTS) is 1. The number of carbonyl (C=O) groups excluding carboxylic acids is 1. The van der Waals surface area contributed by atoms with Crippen molar-refractivity contribution >= 4 is 17.7 Å². The van der Waals surface area contributed by atoms with Gasteiger partial charge in [-0.3, -0.25) is 4.79 Å². The number of ether oxygens (including phenoxy) is 1. The van der Waals surface area contributed by atoms with Gasteiger partial charge in [-0.1, -0.05) is 6.07 Å². The Morgan fingerprint density at radius 3 is 2.73 bits per heavy atom. The largest absolute Gasteiger partial charge is 0.496 e. The van der Waals surface area contributed by atoms with Gasteiger partial charge in [0.25, 0.3) is 0 Å². The van der Waals surface area contributed by atoms with Gasteiger partial charge in [0.2, 0.25) is 0 Å². The van der Waals surface area contributed by atoms with Gasteiger partial charge in [-0.15, -0.1) is 0 Å². The Labute approximate surface area is 130 Å². The van der Waals surface area contributed by atoms with Crippen LogP contribution >= 0.6 is 0 Å². The summed E-state index contributed by atoms with van der Waals surface area (Å²) in [5, 5.41) is 12.0. The summed E-state index contributed by atoms with van der Waals surface area (Å²) in [7, 11) is 1.60. The summed E-state index contributed by atoms with van der Waals surface area (Å²) < 4.78 is 5.35. The van der Waals surface area contributed by atoms with Crippen LogP contribution in [0.2, 0.25) is 0 Å². The van der Waals surface area contributed by atoms with Crippen LogP contribution in [0.5, 0.6) is 5.75 Å². The van der Waals surface area contributed by atoms with E-state index in [0.717, 1.165) is 16.9 Å². The number of likely N-dealkylation sites (tertiary alicyclic amines) is 1. The second kappa shape index (κ2) is 6.68. The van der Waals surface area contributed by atoms with Gasteiger partial charge in [-0.05, 0) is 38.3 Å². The second-order valence-corrected chi connectivity index (χ2v) is 5.64. The number of aliphatic carboxylic acids is 1. The van der Waals surface area contributed by atoms with Gasteiger partial charge in [-0.25, -0.2) is 4.79 Å². The maximum Gasteiger partial charge on any atom is 0.321 e. The first-order valence-electron chi connectivity index (χ1n) is 7.37. The molecule has 0 saturated carbocycles. The van der Waals surface area contributed by atoms with Crippen LogP contribution in [0, 0.1) is 19.8 Å². The highest BCUT2D eigenvalue weighted by molar-refractivity contribution is 5.91. The molecule has 2 amide bonds. The summed E-state index contributed by atoms with van der Waals surface area (Å²) in [5.74, 6) is -0.571. The van der Waals surface area contributed by atoms with Gasteiger partial charge >= 0.3 is 12.0 Å². The molecule has 1 atom stereocenters. The third kappa shape index (κ3) is 3.32. The second-order valence-electron chi connectivity index (χ2n) is 5.64. The Hall–Kier alpha value is -2.24. The highest BCUT2D eigenvalue weighted by Crippen LogP contribution is 2.29. The van der Waals surface area contributed by atoms with E-state index in [1.807, 2.05) is 26.0 Å². The van der Waals surface area contributed by atoms with Gasteiger partial charge in [0.15, 0.2) is 0 Å². The minimum Gasteiger partial charge on any atom is -0.496 e. The number of methoxy groups -OCH3 is 1. The standard InChI is InChI=1S/C16H22N2O4/c1-10-6-7-13(11(2)14(10)22-3)17-16(21)18-8-4-5-12(9-18)15(19)20/h6-7,12H,4-5,8-9H2,1-3H3,(H,17,21)(H,19,20). The van der Waals surface area contributed by atoms with E-state index in [-0.39, 0.29) is 12.6 Å². The summed E-state index contributed by atoms with van der Waals surface area (Å²) in [5.41, 5.74) is 2.55. The zero-order chi connectivity index (χ0) is 16.3. The molecule has 1 aliphatic heterocycles. The average Bonchev–Trinajstić information content (AvgIpc) is 2.50. The number of benzene rings is 1. The van der Waals surface area contributed by atoms with Crippen molar-refractivity contribution in [2.24, 2.45) is 5.92 Å². The molecular formula is C16H22N2O4. The lowest BCUT2D eigenvalue weighted by atomic mass is 9.99. The van der Waals surface area contributed by atoms with Gasteiger partial charge in [0.05, 0.1) is 13.0 Å². The highest BCUT2D eigenvalue weighted by Gasteiger charge is 2.28. The molecule has 0 radical (unpaired) electrons. The third-order valence-corrected chi connectivity index (χ3v) is 4.11. The lowest BCUT2D eigenvalue weighted by Crippen LogP contribution is -2.44. The fourth-order valence-electron chi connectivity index (χ4n) is 2.83. The number of carboxylic acids is 1. The molecule has 1 fully saturated rings. The molecule has 6 heteroatoms. The topological polar surface area (TPSA) is 78.9 Å². The van der Waals surface area contributed by atoms with Gasteiger partial charge in [-0.2, -0.15) is 0 Å². The number of rotatable bonds is 3. The predicted octanol–water partition coefficient (Wildman–Crippen LogP) is 2.64. The summed E-state index contributed by atoms with van der Waals surface area (Å²) in [6.07, 6.45) is 1.33. The van der Waals surface area contributed by atoms with Crippen molar-refractivity contribution in [2.75, 3.05) is 25.5 Å². The first kappa shape index (κ1) is 16.1. The molecule has 0 bridgehead atoms. The van der Waals surface area contributed by atoms with E-state index in [0.29, 0.717) is 25.1 Å². The maximum atomic E-state index is 12.4. The Bertz CT molecular complexity index is 586. The van der Waals surface area contributed by atoms with Crippen molar-refractivity contribution in [3.63, 3.8) is 0 Å². The molecule has 2 N–H and O–H groups in total. The number of aryl methyl sites for hydroxylation is 1. The molecule has 1 unspecified atom stereocenters. The minimum atomic E-state index is -0.842. The molecule has 1 aromatic rings. The van der Waals surface area contributed by atoms with Crippen molar-refractivity contribution < 1.29 is 19.4 Å². The maximum absolute atomic E-state index is 12.4. The van der Waals surface area contributed by atoms with Crippen molar-refractivity contribution in [3.8, 4) is 5.75 Å². The highest BCUT2D eigenvalue weighted by atomic mass is 16.5. The van der Waals surface area contributed by atoms with E-state index in [1.165, 1.54) is 0 Å². The van der Waals surface area contributed by atoms with Crippen LogP contribution in [0.3, 0.4) is 0 Å². The molecule has 0 aliphatic carbocycles. The Balaban J connectivity index is 2.10. The molecule has 6 nitrogen and oxygen atoms in total. The molecule has 0 spiro atoms. The molecular weight excluding hydrogens is 284 g/mol. The van der Waals surface area contributed by atoms with Crippen LogP contribution in [0.1, 0.15) is 24.0 Å². The molecule has 1 saturated heterocycles. The molecule has 2 rings (SSSR count). The number of nitrogens with zero attached hydrogens (tertiary/aromatic N) is 1. The first-order chi connectivity index (χ1) is 10.4. The predicted molar refractivity (Wildman–Crippen MR) is 83.4 cm³/mol. The molecule has 1 aromatic carbocycles. The van der Waals surface area contributed by atoms with Gasteiger partial charge in [0, 0.05) is 24.3 Å². The van der Waals surface area contributed by atoms with E-state index < -0.39 is 11.9 Å². The Kier molecular flexibility index (Phi) is 4.90. The summed E-state index contributed by atoms with van der Waals surface area (Å²) >= 11 is 0. The van der Waals surface area contributed by atoms with Crippen molar-refractivity contribution in [1.29, 1.82) is 0 Å². The SMILES string of the molecule is COc1c(C)ccc(NC(=O)N2CCCC(C(=O)O)C2)c1C. The number of hydrogen-bond acceptors (Lipinski definition) is 3. The number of amides is 2. The summed E-state index contributed by atoms with van der Waals surface area (Å²) in [6.45, 7) is 4.66. The zero-order valence-electron chi connectivity index (χ0n) is 13.2. The zero-order valence-corrected chi connectivity index (χ0v) is 13.2.